The van der Waals surface area contributed by atoms with E-state index >= 15 is 0 Å². The third-order valence-electron chi connectivity index (χ3n) is 2.95. The lowest BCUT2D eigenvalue weighted by atomic mass is 10.3. The molecule has 1 atom stereocenters. The summed E-state index contributed by atoms with van der Waals surface area (Å²) in [5, 5.41) is 3.15. The van der Waals surface area contributed by atoms with Gasteiger partial charge in [0, 0.05) is 12.6 Å². The van der Waals surface area contributed by atoms with Crippen LogP contribution in [0.15, 0.2) is 23.1 Å². The van der Waals surface area contributed by atoms with Crippen molar-refractivity contribution in [3.05, 3.63) is 18.2 Å². The van der Waals surface area contributed by atoms with Gasteiger partial charge in [-0.3, -0.25) is 0 Å². The molecule has 1 aliphatic rings. The zero-order valence-corrected chi connectivity index (χ0v) is 13.7. The monoisotopic (exact) mass is 336 g/mol. The van der Waals surface area contributed by atoms with Gasteiger partial charge in [-0.15, -0.1) is 12.4 Å². The number of halogens is 1. The normalized spacial score (nSPS) is 15.1. The van der Waals surface area contributed by atoms with Gasteiger partial charge in [-0.25, -0.2) is 13.1 Å². The highest BCUT2D eigenvalue weighted by atomic mass is 35.5. The number of sulfonamides is 1. The minimum Gasteiger partial charge on any atom is -0.486 e. The fourth-order valence-corrected chi connectivity index (χ4v) is 3.28. The molecule has 0 unspecified atom stereocenters. The number of fused-ring (bicyclic) bond motifs is 1. The second kappa shape index (κ2) is 7.84. The Morgan fingerprint density at radius 2 is 2.00 bits per heavy atom. The first-order chi connectivity index (χ1) is 9.54. The first-order valence-corrected chi connectivity index (χ1v) is 8.14. The average molecular weight is 337 g/mol. The van der Waals surface area contributed by atoms with Crippen molar-refractivity contribution in [1.29, 1.82) is 0 Å². The number of ether oxygens (including phenoxy) is 2. The summed E-state index contributed by atoms with van der Waals surface area (Å²) in [4.78, 5) is 0.124. The van der Waals surface area contributed by atoms with Crippen molar-refractivity contribution < 1.29 is 17.9 Å². The third-order valence-corrected chi connectivity index (χ3v) is 4.40. The summed E-state index contributed by atoms with van der Waals surface area (Å²) in [6, 6.07) is 4.93. The van der Waals surface area contributed by atoms with Crippen LogP contribution in [0.3, 0.4) is 0 Å². The van der Waals surface area contributed by atoms with Crippen LogP contribution in [0.4, 0.5) is 0 Å². The molecule has 120 valence electrons. The molecule has 0 saturated heterocycles. The van der Waals surface area contributed by atoms with Gasteiger partial charge in [0.2, 0.25) is 10.0 Å². The fraction of sp³-hybridized carbons (Fsp3) is 0.538. The predicted molar refractivity (Wildman–Crippen MR) is 83.0 cm³/mol. The zero-order chi connectivity index (χ0) is 14.6. The highest BCUT2D eigenvalue weighted by Gasteiger charge is 2.25. The molecule has 0 aliphatic carbocycles. The van der Waals surface area contributed by atoms with Crippen LogP contribution in [-0.4, -0.2) is 40.8 Å². The van der Waals surface area contributed by atoms with Crippen LogP contribution in [0.2, 0.25) is 0 Å². The van der Waals surface area contributed by atoms with E-state index in [0.29, 0.717) is 31.3 Å². The molecule has 1 aromatic carbocycles. The largest absolute Gasteiger partial charge is 0.486 e. The van der Waals surface area contributed by atoms with E-state index in [1.807, 2.05) is 13.8 Å². The summed E-state index contributed by atoms with van der Waals surface area (Å²) in [6.07, 6.45) is 0. The second-order valence-corrected chi connectivity index (χ2v) is 6.33. The number of para-hydroxylation sites is 1. The maximum atomic E-state index is 12.3. The molecular weight excluding hydrogens is 316 g/mol. The lowest BCUT2D eigenvalue weighted by molar-refractivity contribution is 0.167. The van der Waals surface area contributed by atoms with Crippen molar-refractivity contribution in [3.63, 3.8) is 0 Å². The van der Waals surface area contributed by atoms with Crippen molar-refractivity contribution in [3.8, 4) is 11.5 Å². The SMILES string of the molecule is CCN[C@H](C)CNS(=O)(=O)c1cccc2c1OCCO2.Cl. The molecule has 2 rings (SSSR count). The highest BCUT2D eigenvalue weighted by Crippen LogP contribution is 2.36. The van der Waals surface area contributed by atoms with E-state index < -0.39 is 10.0 Å². The zero-order valence-electron chi connectivity index (χ0n) is 12.1. The van der Waals surface area contributed by atoms with Crippen LogP contribution in [0.25, 0.3) is 0 Å². The molecule has 1 aliphatic heterocycles. The molecule has 0 radical (unpaired) electrons. The Hall–Kier alpha value is -1.02. The molecule has 8 heteroatoms. The number of benzene rings is 1. The van der Waals surface area contributed by atoms with E-state index in [0.717, 1.165) is 6.54 Å². The summed E-state index contributed by atoms with van der Waals surface area (Å²) in [6.45, 7) is 5.80. The molecule has 1 heterocycles. The Morgan fingerprint density at radius 3 is 2.71 bits per heavy atom. The van der Waals surface area contributed by atoms with E-state index in [9.17, 15) is 8.42 Å². The van der Waals surface area contributed by atoms with E-state index in [2.05, 4.69) is 10.0 Å². The van der Waals surface area contributed by atoms with Crippen molar-refractivity contribution in [1.82, 2.24) is 10.0 Å². The molecule has 0 bridgehead atoms. The summed E-state index contributed by atoms with van der Waals surface area (Å²) in [5.74, 6) is 0.765. The quantitative estimate of drug-likeness (QED) is 0.815. The summed E-state index contributed by atoms with van der Waals surface area (Å²) >= 11 is 0. The molecule has 2 N–H and O–H groups in total. The van der Waals surface area contributed by atoms with Crippen molar-refractivity contribution >= 4 is 22.4 Å². The Labute approximate surface area is 131 Å². The Balaban J connectivity index is 0.00000220. The van der Waals surface area contributed by atoms with Gasteiger partial charge >= 0.3 is 0 Å². The van der Waals surface area contributed by atoms with E-state index in [-0.39, 0.29) is 23.3 Å². The van der Waals surface area contributed by atoms with Gasteiger partial charge in [0.25, 0.3) is 0 Å². The van der Waals surface area contributed by atoms with E-state index in [1.165, 1.54) is 6.07 Å². The standard InChI is InChI=1S/C13H20N2O4S.ClH/c1-3-14-10(2)9-15-20(16,17)12-6-4-5-11-13(12)19-8-7-18-11;/h4-6,10,14-15H,3,7-9H2,1-2H3;1H/t10-;/m1./s1. The smallest absolute Gasteiger partial charge is 0.244 e. The number of likely N-dealkylation sites (N-methyl/N-ethyl adjacent to an activating group) is 1. The maximum absolute atomic E-state index is 12.3. The van der Waals surface area contributed by atoms with Crippen LogP contribution < -0.4 is 19.5 Å². The highest BCUT2D eigenvalue weighted by molar-refractivity contribution is 7.89. The summed E-state index contributed by atoms with van der Waals surface area (Å²) in [5.41, 5.74) is 0. The predicted octanol–water partition coefficient (Wildman–Crippen LogP) is 1.16. The van der Waals surface area contributed by atoms with Gasteiger partial charge in [-0.05, 0) is 25.6 Å². The van der Waals surface area contributed by atoms with Crippen LogP contribution in [0.1, 0.15) is 13.8 Å². The Morgan fingerprint density at radius 1 is 1.29 bits per heavy atom. The minimum atomic E-state index is -3.61. The molecule has 0 saturated carbocycles. The van der Waals surface area contributed by atoms with Crippen molar-refractivity contribution in [2.75, 3.05) is 26.3 Å². The molecule has 0 aromatic heterocycles. The summed E-state index contributed by atoms with van der Waals surface area (Å²) < 4.78 is 38.1. The van der Waals surface area contributed by atoms with Crippen LogP contribution in [-0.2, 0) is 10.0 Å². The first-order valence-electron chi connectivity index (χ1n) is 6.66. The van der Waals surface area contributed by atoms with Gasteiger partial charge < -0.3 is 14.8 Å². The summed E-state index contributed by atoms with van der Waals surface area (Å²) in [7, 11) is -3.61. The van der Waals surface area contributed by atoms with E-state index in [1.54, 1.807) is 12.1 Å². The molecule has 0 fully saturated rings. The average Bonchev–Trinajstić information content (AvgIpc) is 2.45. The number of rotatable bonds is 6. The maximum Gasteiger partial charge on any atom is 0.244 e. The molecule has 0 spiro atoms. The Bertz CT molecular complexity index is 565. The number of hydrogen-bond donors (Lipinski definition) is 2. The lowest BCUT2D eigenvalue weighted by Crippen LogP contribution is -2.39. The second-order valence-electron chi connectivity index (χ2n) is 4.59. The molecule has 21 heavy (non-hydrogen) atoms. The van der Waals surface area contributed by atoms with Gasteiger partial charge in [-0.1, -0.05) is 13.0 Å². The molecule has 1 aromatic rings. The van der Waals surface area contributed by atoms with E-state index in [4.69, 9.17) is 9.47 Å². The van der Waals surface area contributed by atoms with Crippen LogP contribution >= 0.6 is 12.4 Å². The third kappa shape index (κ3) is 4.47. The van der Waals surface area contributed by atoms with Gasteiger partial charge in [0.15, 0.2) is 11.5 Å². The topological polar surface area (TPSA) is 76.7 Å². The van der Waals surface area contributed by atoms with Gasteiger partial charge in [-0.2, -0.15) is 0 Å². The fourth-order valence-electron chi connectivity index (χ4n) is 1.99. The van der Waals surface area contributed by atoms with Crippen LogP contribution in [0.5, 0.6) is 11.5 Å². The number of nitrogens with one attached hydrogen (secondary N) is 2. The minimum absolute atomic E-state index is 0. The molecular formula is C13H21ClN2O4S. The lowest BCUT2D eigenvalue weighted by Gasteiger charge is -2.21. The van der Waals surface area contributed by atoms with Crippen molar-refractivity contribution in [2.24, 2.45) is 0 Å². The molecule has 0 amide bonds. The number of hydrogen-bond acceptors (Lipinski definition) is 5. The van der Waals surface area contributed by atoms with Crippen molar-refractivity contribution in [2.45, 2.75) is 24.8 Å². The first kappa shape index (κ1) is 18.0. The Kier molecular flexibility index (Phi) is 6.73. The van der Waals surface area contributed by atoms with Gasteiger partial charge in [0.05, 0.1) is 0 Å². The van der Waals surface area contributed by atoms with Crippen LogP contribution in [0, 0.1) is 0 Å². The van der Waals surface area contributed by atoms with Gasteiger partial charge in [0.1, 0.15) is 18.1 Å². The molecule has 6 nitrogen and oxygen atoms in total.